The van der Waals surface area contributed by atoms with Crippen molar-refractivity contribution in [3.8, 4) is 0 Å². The highest BCUT2D eigenvalue weighted by atomic mass is 32.2. The molecule has 0 saturated carbocycles. The van der Waals surface area contributed by atoms with E-state index in [-0.39, 0.29) is 12.8 Å². The van der Waals surface area contributed by atoms with E-state index in [4.69, 9.17) is 4.74 Å². The monoisotopic (exact) mass is 370 g/mol. The number of hydrogen-bond acceptors (Lipinski definition) is 6. The first-order valence-corrected chi connectivity index (χ1v) is 9.96. The van der Waals surface area contributed by atoms with Crippen molar-refractivity contribution in [2.24, 2.45) is 0 Å². The molecule has 0 spiro atoms. The number of nitrogens with zero attached hydrogens (tertiary/aromatic N) is 4. The van der Waals surface area contributed by atoms with Crippen molar-refractivity contribution < 1.29 is 9.84 Å². The van der Waals surface area contributed by atoms with Gasteiger partial charge in [0.25, 0.3) is 0 Å². The zero-order valence-corrected chi connectivity index (χ0v) is 15.4. The molecule has 7 heteroatoms. The number of fused-ring (bicyclic) bond motifs is 1. The molecule has 0 bridgehead atoms. The first-order valence-electron chi connectivity index (χ1n) is 8.98. The first-order chi connectivity index (χ1) is 12.8. The molecule has 2 aromatic heterocycles. The molecule has 1 unspecified atom stereocenters. The lowest BCUT2D eigenvalue weighted by Crippen LogP contribution is -2.18. The van der Waals surface area contributed by atoms with E-state index in [1.165, 1.54) is 5.56 Å². The fraction of sp³-hybridized carbons (Fsp3) is 0.421. The van der Waals surface area contributed by atoms with Crippen molar-refractivity contribution in [2.45, 2.75) is 42.7 Å². The van der Waals surface area contributed by atoms with Crippen LogP contribution in [0.2, 0.25) is 0 Å². The van der Waals surface area contributed by atoms with Crippen molar-refractivity contribution in [2.75, 3.05) is 13.2 Å². The number of benzene rings is 1. The Balaban J connectivity index is 1.67. The molecule has 0 aliphatic carbocycles. The lowest BCUT2D eigenvalue weighted by molar-refractivity contribution is -0.0298. The van der Waals surface area contributed by atoms with Crippen molar-refractivity contribution >= 4 is 22.9 Å². The summed E-state index contributed by atoms with van der Waals surface area (Å²) in [5, 5.41) is 10.2. The quantitative estimate of drug-likeness (QED) is 0.530. The maximum Gasteiger partial charge on any atom is 0.166 e. The lowest BCUT2D eigenvalue weighted by Gasteiger charge is -2.23. The summed E-state index contributed by atoms with van der Waals surface area (Å²) in [5.74, 6) is 1.46. The summed E-state index contributed by atoms with van der Waals surface area (Å²) in [6.07, 6.45) is 5.45. The number of thioether (sulfide) groups is 1. The molecule has 1 aromatic carbocycles. The Hall–Kier alpha value is -1.96. The minimum absolute atomic E-state index is 0.0161. The molecule has 0 amide bonds. The number of ether oxygens (including phenoxy) is 1. The Bertz CT molecular complexity index is 863. The van der Waals surface area contributed by atoms with Gasteiger partial charge < -0.3 is 9.84 Å². The van der Waals surface area contributed by atoms with Gasteiger partial charge in [0, 0.05) is 18.8 Å². The number of hydrogen-bond donors (Lipinski definition) is 1. The molecule has 1 atom stereocenters. The van der Waals surface area contributed by atoms with Gasteiger partial charge >= 0.3 is 0 Å². The molecule has 3 heterocycles. The van der Waals surface area contributed by atoms with Crippen molar-refractivity contribution in [3.63, 3.8) is 0 Å². The van der Waals surface area contributed by atoms with Gasteiger partial charge in [0.1, 0.15) is 22.6 Å². The zero-order valence-electron chi connectivity index (χ0n) is 14.5. The molecule has 1 N–H and O–H groups in total. The number of imidazole rings is 1. The molecule has 136 valence electrons. The first kappa shape index (κ1) is 17.5. The summed E-state index contributed by atoms with van der Waals surface area (Å²) in [7, 11) is 0. The lowest BCUT2D eigenvalue weighted by atomic mass is 10.2. The Morgan fingerprint density at radius 2 is 2.08 bits per heavy atom. The second kappa shape index (κ2) is 8.16. The molecular weight excluding hydrogens is 348 g/mol. The molecule has 1 aliphatic rings. The summed E-state index contributed by atoms with van der Waals surface area (Å²) in [6, 6.07) is 10.3. The fourth-order valence-electron chi connectivity index (χ4n) is 3.13. The van der Waals surface area contributed by atoms with Crippen LogP contribution in [0.1, 0.15) is 36.9 Å². The molecule has 4 rings (SSSR count). The minimum atomic E-state index is -0.0161. The van der Waals surface area contributed by atoms with Gasteiger partial charge in [-0.2, -0.15) is 0 Å². The summed E-state index contributed by atoms with van der Waals surface area (Å²) in [5.41, 5.74) is 2.84. The van der Waals surface area contributed by atoms with E-state index in [9.17, 15) is 5.11 Å². The Kier molecular flexibility index (Phi) is 5.48. The molecule has 1 saturated heterocycles. The van der Waals surface area contributed by atoms with Crippen LogP contribution < -0.4 is 0 Å². The number of aromatic nitrogens is 4. The third-order valence-corrected chi connectivity index (χ3v) is 5.49. The van der Waals surface area contributed by atoms with Crippen molar-refractivity contribution in [1.82, 2.24) is 19.5 Å². The predicted octanol–water partition coefficient (Wildman–Crippen LogP) is 3.35. The van der Waals surface area contributed by atoms with Crippen LogP contribution in [0.25, 0.3) is 11.2 Å². The van der Waals surface area contributed by atoms with Gasteiger partial charge in [-0.3, -0.25) is 4.57 Å². The second-order valence-electron chi connectivity index (χ2n) is 6.34. The van der Waals surface area contributed by atoms with E-state index < -0.39 is 0 Å². The van der Waals surface area contributed by atoms with Crippen LogP contribution in [0.3, 0.4) is 0 Å². The average molecular weight is 370 g/mol. The zero-order chi connectivity index (χ0) is 17.8. The van der Waals surface area contributed by atoms with Crippen LogP contribution in [0.5, 0.6) is 0 Å². The van der Waals surface area contributed by atoms with Crippen molar-refractivity contribution in [3.05, 3.63) is 48.0 Å². The van der Waals surface area contributed by atoms with Gasteiger partial charge in [-0.05, 0) is 24.8 Å². The summed E-state index contributed by atoms with van der Waals surface area (Å²) >= 11 is 1.65. The van der Waals surface area contributed by atoms with Crippen LogP contribution in [0, 0.1) is 0 Å². The third-order valence-electron chi connectivity index (χ3n) is 4.46. The van der Waals surface area contributed by atoms with Gasteiger partial charge in [-0.1, -0.05) is 42.1 Å². The van der Waals surface area contributed by atoms with E-state index in [0.29, 0.717) is 12.2 Å². The van der Waals surface area contributed by atoms with Crippen LogP contribution in [0.4, 0.5) is 0 Å². The molecule has 0 radical (unpaired) electrons. The van der Waals surface area contributed by atoms with E-state index in [0.717, 1.165) is 47.8 Å². The maximum absolute atomic E-state index is 9.33. The number of rotatable bonds is 6. The summed E-state index contributed by atoms with van der Waals surface area (Å²) < 4.78 is 7.92. The smallest absolute Gasteiger partial charge is 0.166 e. The van der Waals surface area contributed by atoms with Gasteiger partial charge in [0.15, 0.2) is 5.65 Å². The summed E-state index contributed by atoms with van der Waals surface area (Å²) in [6.45, 7) is 0.802. The van der Waals surface area contributed by atoms with Crippen molar-refractivity contribution in [1.29, 1.82) is 0 Å². The highest BCUT2D eigenvalue weighted by Crippen LogP contribution is 2.31. The number of aliphatic hydroxyl groups is 1. The van der Waals surface area contributed by atoms with E-state index >= 15 is 0 Å². The standard InChI is InChI=1S/C19H22N4O2S/c24-10-9-15-21-18-17(20-13-23(18)16-8-4-5-11-25-16)19(22-15)26-12-14-6-2-1-3-7-14/h1-3,6-7,13,16,24H,4-5,8-12H2. The molecule has 1 aliphatic heterocycles. The molecule has 1 fully saturated rings. The van der Waals surface area contributed by atoms with Crippen LogP contribution in [-0.2, 0) is 16.9 Å². The molecule has 3 aromatic rings. The topological polar surface area (TPSA) is 73.1 Å². The normalized spacial score (nSPS) is 17.7. The van der Waals surface area contributed by atoms with E-state index in [2.05, 4.69) is 27.1 Å². The van der Waals surface area contributed by atoms with Crippen LogP contribution in [0.15, 0.2) is 41.7 Å². The Labute approximate surface area is 156 Å². The van der Waals surface area contributed by atoms with Crippen LogP contribution >= 0.6 is 11.8 Å². The second-order valence-corrected chi connectivity index (χ2v) is 7.30. The van der Waals surface area contributed by atoms with Gasteiger partial charge in [-0.15, -0.1) is 0 Å². The molecule has 6 nitrogen and oxygen atoms in total. The van der Waals surface area contributed by atoms with Gasteiger partial charge in [0.05, 0.1) is 12.9 Å². The molecular formula is C19H22N4O2S. The largest absolute Gasteiger partial charge is 0.396 e. The van der Waals surface area contributed by atoms with E-state index in [1.807, 2.05) is 29.1 Å². The Morgan fingerprint density at radius 3 is 2.85 bits per heavy atom. The summed E-state index contributed by atoms with van der Waals surface area (Å²) in [4.78, 5) is 13.9. The molecule has 26 heavy (non-hydrogen) atoms. The minimum Gasteiger partial charge on any atom is -0.396 e. The third kappa shape index (κ3) is 3.75. The SMILES string of the molecule is OCCc1nc(SCc2ccccc2)c2ncn(C3CCCCO3)c2n1. The van der Waals surface area contributed by atoms with Gasteiger partial charge in [0.2, 0.25) is 0 Å². The maximum atomic E-state index is 9.33. The highest BCUT2D eigenvalue weighted by Gasteiger charge is 2.21. The fourth-order valence-corrected chi connectivity index (χ4v) is 4.07. The van der Waals surface area contributed by atoms with E-state index in [1.54, 1.807) is 11.8 Å². The highest BCUT2D eigenvalue weighted by molar-refractivity contribution is 7.98. The average Bonchev–Trinajstić information content (AvgIpc) is 3.12. The van der Waals surface area contributed by atoms with Gasteiger partial charge in [-0.25, -0.2) is 15.0 Å². The van der Waals surface area contributed by atoms with Crippen LogP contribution in [-0.4, -0.2) is 37.8 Å². The Morgan fingerprint density at radius 1 is 1.19 bits per heavy atom. The predicted molar refractivity (Wildman–Crippen MR) is 101 cm³/mol. The number of aliphatic hydroxyl groups excluding tert-OH is 1.